The minimum absolute atomic E-state index is 0.0564. The van der Waals surface area contributed by atoms with Crippen molar-refractivity contribution in [3.8, 4) is 0 Å². The molecule has 0 spiro atoms. The lowest BCUT2D eigenvalue weighted by molar-refractivity contribution is 0.0990. The molecule has 88 valence electrons. The summed E-state index contributed by atoms with van der Waals surface area (Å²) in [6.07, 6.45) is 0.933. The van der Waals surface area contributed by atoms with E-state index in [-0.39, 0.29) is 10.7 Å². The van der Waals surface area contributed by atoms with Crippen LogP contribution in [0.4, 0.5) is 0 Å². The van der Waals surface area contributed by atoms with E-state index in [1.54, 1.807) is 18.2 Å². The second kappa shape index (κ2) is 3.98. The first-order valence-corrected chi connectivity index (χ1v) is 5.98. The van der Waals surface area contributed by atoms with Crippen LogP contribution in [0.25, 0.3) is 0 Å². The highest BCUT2D eigenvalue weighted by Gasteiger charge is 2.19. The normalized spacial score (nSPS) is 11.3. The molecule has 17 heavy (non-hydrogen) atoms. The van der Waals surface area contributed by atoms with E-state index in [0.29, 0.717) is 4.09 Å². The summed E-state index contributed by atoms with van der Waals surface area (Å²) in [5, 5.41) is 3.50. The number of rotatable bonds is 3. The Labute approximate surface area is 96.9 Å². The van der Waals surface area contributed by atoms with E-state index in [0.717, 1.165) is 6.33 Å². The molecule has 0 fully saturated rings. The molecule has 2 aromatic rings. The SMILES string of the molecule is NC(=O)c1ncn(S(=O)(=O)c2ccccc2)n1. The van der Waals surface area contributed by atoms with E-state index in [1.807, 2.05) is 0 Å². The van der Waals surface area contributed by atoms with Gasteiger partial charge in [0.1, 0.15) is 6.33 Å². The third kappa shape index (κ3) is 2.02. The molecule has 7 nitrogen and oxygen atoms in total. The van der Waals surface area contributed by atoms with E-state index in [2.05, 4.69) is 10.1 Å². The molecule has 1 heterocycles. The van der Waals surface area contributed by atoms with Crippen LogP contribution in [-0.2, 0) is 10.0 Å². The van der Waals surface area contributed by atoms with Gasteiger partial charge in [0.05, 0.1) is 4.90 Å². The lowest BCUT2D eigenvalue weighted by Crippen LogP contribution is -2.17. The van der Waals surface area contributed by atoms with Crippen LogP contribution in [0.2, 0.25) is 0 Å². The first kappa shape index (κ1) is 11.3. The molecule has 0 aliphatic rings. The summed E-state index contributed by atoms with van der Waals surface area (Å²) in [5.41, 5.74) is 4.94. The van der Waals surface area contributed by atoms with Gasteiger partial charge < -0.3 is 5.73 Å². The van der Waals surface area contributed by atoms with Crippen molar-refractivity contribution in [2.75, 3.05) is 0 Å². The van der Waals surface area contributed by atoms with Crippen molar-refractivity contribution in [3.05, 3.63) is 42.5 Å². The van der Waals surface area contributed by atoms with Gasteiger partial charge in [-0.1, -0.05) is 18.2 Å². The van der Waals surface area contributed by atoms with Crippen LogP contribution in [0.3, 0.4) is 0 Å². The zero-order valence-corrected chi connectivity index (χ0v) is 9.33. The van der Waals surface area contributed by atoms with Crippen molar-refractivity contribution in [1.82, 2.24) is 14.2 Å². The van der Waals surface area contributed by atoms with Crippen LogP contribution < -0.4 is 5.73 Å². The Morgan fingerprint density at radius 2 is 1.88 bits per heavy atom. The predicted molar refractivity (Wildman–Crippen MR) is 57.6 cm³/mol. The van der Waals surface area contributed by atoms with Crippen molar-refractivity contribution in [1.29, 1.82) is 0 Å². The molecule has 0 aliphatic heterocycles. The minimum atomic E-state index is -3.82. The van der Waals surface area contributed by atoms with Crippen LogP contribution in [0, 0.1) is 0 Å². The zero-order chi connectivity index (χ0) is 12.5. The summed E-state index contributed by atoms with van der Waals surface area (Å²) in [6, 6.07) is 7.69. The van der Waals surface area contributed by atoms with Gasteiger partial charge >= 0.3 is 0 Å². The molecule has 0 bridgehead atoms. The van der Waals surface area contributed by atoms with Crippen molar-refractivity contribution in [2.45, 2.75) is 4.90 Å². The monoisotopic (exact) mass is 252 g/mol. The molecular formula is C9H8N4O3S. The topological polar surface area (TPSA) is 108 Å². The van der Waals surface area contributed by atoms with Crippen LogP contribution in [-0.4, -0.2) is 28.5 Å². The molecule has 1 aromatic heterocycles. The fraction of sp³-hybridized carbons (Fsp3) is 0. The van der Waals surface area contributed by atoms with E-state index >= 15 is 0 Å². The number of hydrogen-bond acceptors (Lipinski definition) is 5. The maximum Gasteiger partial charge on any atom is 0.288 e. The Kier molecular flexibility index (Phi) is 2.64. The second-order valence-electron chi connectivity index (χ2n) is 3.12. The third-order valence-electron chi connectivity index (χ3n) is 1.98. The lowest BCUT2D eigenvalue weighted by atomic mass is 10.4. The fourth-order valence-electron chi connectivity index (χ4n) is 1.18. The largest absolute Gasteiger partial charge is 0.363 e. The standard InChI is InChI=1S/C9H8N4O3S/c10-8(14)9-11-6-13(12-9)17(15,16)7-4-2-1-3-5-7/h1-6H,(H2,10,14). The highest BCUT2D eigenvalue weighted by molar-refractivity contribution is 7.89. The van der Waals surface area contributed by atoms with Gasteiger partial charge in [-0.05, 0) is 12.1 Å². The third-order valence-corrected chi connectivity index (χ3v) is 3.52. The molecule has 2 N–H and O–H groups in total. The van der Waals surface area contributed by atoms with Crippen molar-refractivity contribution in [3.63, 3.8) is 0 Å². The molecule has 0 saturated heterocycles. The highest BCUT2D eigenvalue weighted by atomic mass is 32.2. The maximum absolute atomic E-state index is 12.0. The van der Waals surface area contributed by atoms with Crippen molar-refractivity contribution in [2.24, 2.45) is 5.73 Å². The van der Waals surface area contributed by atoms with Gasteiger partial charge in [0.25, 0.3) is 15.9 Å². The van der Waals surface area contributed by atoms with E-state index < -0.39 is 15.9 Å². The molecule has 0 aliphatic carbocycles. The summed E-state index contributed by atoms with van der Waals surface area (Å²) in [5.74, 6) is -1.23. The number of carbonyl (C=O) groups is 1. The summed E-state index contributed by atoms with van der Waals surface area (Å²) in [4.78, 5) is 14.3. The van der Waals surface area contributed by atoms with E-state index in [1.165, 1.54) is 12.1 Å². The van der Waals surface area contributed by atoms with Gasteiger partial charge in [-0.3, -0.25) is 4.79 Å². The number of amides is 1. The average molecular weight is 252 g/mol. The number of nitrogens with two attached hydrogens (primary N) is 1. The second-order valence-corrected chi connectivity index (χ2v) is 4.92. The number of benzene rings is 1. The number of carbonyl (C=O) groups excluding carboxylic acids is 1. The van der Waals surface area contributed by atoms with Crippen molar-refractivity contribution < 1.29 is 13.2 Å². The smallest absolute Gasteiger partial charge is 0.288 e. The lowest BCUT2D eigenvalue weighted by Gasteiger charge is -2.01. The molecule has 2 rings (SSSR count). The Hall–Kier alpha value is -2.22. The Balaban J connectivity index is 2.49. The number of primary amides is 1. The minimum Gasteiger partial charge on any atom is -0.363 e. The Bertz CT molecular complexity index is 648. The van der Waals surface area contributed by atoms with Crippen LogP contribution in [0.1, 0.15) is 10.6 Å². The summed E-state index contributed by atoms with van der Waals surface area (Å²) >= 11 is 0. The maximum atomic E-state index is 12.0. The quantitative estimate of drug-likeness (QED) is 0.800. The fourth-order valence-corrected chi connectivity index (χ4v) is 2.25. The molecule has 0 radical (unpaired) electrons. The van der Waals surface area contributed by atoms with Crippen LogP contribution in [0.15, 0.2) is 41.6 Å². The van der Waals surface area contributed by atoms with Gasteiger partial charge in [-0.2, -0.15) is 8.42 Å². The van der Waals surface area contributed by atoms with Crippen LogP contribution >= 0.6 is 0 Å². The van der Waals surface area contributed by atoms with Gasteiger partial charge in [0.2, 0.25) is 5.82 Å². The molecule has 0 saturated carbocycles. The van der Waals surface area contributed by atoms with E-state index in [4.69, 9.17) is 5.73 Å². The van der Waals surface area contributed by atoms with Gasteiger partial charge in [0.15, 0.2) is 0 Å². The molecular weight excluding hydrogens is 244 g/mol. The molecule has 8 heteroatoms. The Morgan fingerprint density at radius 3 is 2.41 bits per heavy atom. The first-order valence-electron chi connectivity index (χ1n) is 4.54. The molecule has 0 atom stereocenters. The molecule has 1 amide bonds. The number of nitrogens with zero attached hydrogens (tertiary/aromatic N) is 3. The Morgan fingerprint density at radius 1 is 1.24 bits per heavy atom. The molecule has 1 aromatic carbocycles. The molecule has 0 unspecified atom stereocenters. The predicted octanol–water partition coefficient (Wildman–Crippen LogP) is -0.386. The summed E-state index contributed by atoms with van der Waals surface area (Å²) in [7, 11) is -3.82. The first-order chi connectivity index (χ1) is 8.01. The van der Waals surface area contributed by atoms with E-state index in [9.17, 15) is 13.2 Å². The highest BCUT2D eigenvalue weighted by Crippen LogP contribution is 2.11. The number of aromatic nitrogens is 3. The van der Waals surface area contributed by atoms with Gasteiger partial charge in [-0.15, -0.1) is 9.19 Å². The van der Waals surface area contributed by atoms with Gasteiger partial charge in [0, 0.05) is 0 Å². The summed E-state index contributed by atoms with van der Waals surface area (Å²) < 4.78 is 24.6. The van der Waals surface area contributed by atoms with Gasteiger partial charge in [-0.25, -0.2) is 4.98 Å². The zero-order valence-electron chi connectivity index (χ0n) is 8.52. The number of hydrogen-bond donors (Lipinski definition) is 1. The summed E-state index contributed by atoms with van der Waals surface area (Å²) in [6.45, 7) is 0. The van der Waals surface area contributed by atoms with Crippen LogP contribution in [0.5, 0.6) is 0 Å². The average Bonchev–Trinajstić information content (AvgIpc) is 2.80. The van der Waals surface area contributed by atoms with Crippen molar-refractivity contribution >= 4 is 15.9 Å².